The smallest absolute Gasteiger partial charge is 0.418 e. The zero-order chi connectivity index (χ0) is 13.4. The SMILES string of the molecule is NC(=O)c1cc(N([O-])O)c(C(F)(F)F)cc1F. The second-order valence-electron chi connectivity index (χ2n) is 2.98. The second-order valence-corrected chi connectivity index (χ2v) is 2.98. The molecule has 17 heavy (non-hydrogen) atoms. The fourth-order valence-electron chi connectivity index (χ4n) is 1.14. The molecule has 0 aliphatic rings. The Hall–Kier alpha value is -1.87. The van der Waals surface area contributed by atoms with E-state index < -0.39 is 39.9 Å². The van der Waals surface area contributed by atoms with Crippen LogP contribution in [0.2, 0.25) is 0 Å². The summed E-state index contributed by atoms with van der Waals surface area (Å²) in [5.74, 6) is -2.89. The van der Waals surface area contributed by atoms with Gasteiger partial charge in [0.05, 0.1) is 16.8 Å². The van der Waals surface area contributed by atoms with Crippen molar-refractivity contribution in [3.8, 4) is 0 Å². The van der Waals surface area contributed by atoms with E-state index in [1.54, 1.807) is 0 Å². The fraction of sp³-hybridized carbons (Fsp3) is 0.125. The Balaban J connectivity index is 3.53. The third kappa shape index (κ3) is 2.63. The van der Waals surface area contributed by atoms with Gasteiger partial charge in [-0.05, 0) is 12.1 Å². The van der Waals surface area contributed by atoms with Gasteiger partial charge in [0.15, 0.2) is 0 Å². The highest BCUT2D eigenvalue weighted by Gasteiger charge is 2.35. The summed E-state index contributed by atoms with van der Waals surface area (Å²) in [5, 5.41) is 17.8. The van der Waals surface area contributed by atoms with E-state index >= 15 is 0 Å². The minimum absolute atomic E-state index is 0.0868. The molecule has 0 saturated carbocycles. The molecular weight excluding hydrogens is 248 g/mol. The lowest BCUT2D eigenvalue weighted by Crippen LogP contribution is -2.20. The van der Waals surface area contributed by atoms with E-state index in [2.05, 4.69) is 5.73 Å². The summed E-state index contributed by atoms with van der Waals surface area (Å²) in [6, 6.07) is 0.143. The Morgan fingerprint density at radius 2 is 1.94 bits per heavy atom. The highest BCUT2D eigenvalue weighted by molar-refractivity contribution is 5.94. The molecule has 0 saturated heterocycles. The van der Waals surface area contributed by atoms with Crippen molar-refractivity contribution >= 4 is 11.6 Å². The van der Waals surface area contributed by atoms with Crippen molar-refractivity contribution in [3.05, 3.63) is 34.3 Å². The standard InChI is InChI=1S/C8H5F4N2O3/c9-5-2-4(8(10,11)12)6(14(16)17)1-3(5)7(13)15/h1-2,16H,(H2,13,15)/q-1. The Kier molecular flexibility index (Phi) is 3.25. The fourth-order valence-corrected chi connectivity index (χ4v) is 1.14. The Morgan fingerprint density at radius 3 is 2.29 bits per heavy atom. The minimum Gasteiger partial charge on any atom is -0.733 e. The number of carbonyl (C=O) groups excluding carboxylic acids is 1. The lowest BCUT2D eigenvalue weighted by atomic mass is 10.1. The zero-order valence-corrected chi connectivity index (χ0v) is 7.95. The molecule has 0 aromatic heterocycles. The maximum Gasteiger partial charge on any atom is 0.418 e. The first-order chi connectivity index (χ1) is 7.64. The van der Waals surface area contributed by atoms with Gasteiger partial charge in [-0.2, -0.15) is 13.2 Å². The van der Waals surface area contributed by atoms with Gasteiger partial charge >= 0.3 is 6.18 Å². The lowest BCUT2D eigenvalue weighted by molar-refractivity contribution is -0.137. The van der Waals surface area contributed by atoms with E-state index in [-0.39, 0.29) is 12.1 Å². The van der Waals surface area contributed by atoms with Gasteiger partial charge in [-0.3, -0.25) is 10.0 Å². The van der Waals surface area contributed by atoms with Crippen LogP contribution in [0.5, 0.6) is 0 Å². The molecule has 0 aliphatic carbocycles. The maximum absolute atomic E-state index is 13.1. The van der Waals surface area contributed by atoms with E-state index in [1.165, 1.54) is 0 Å². The average molecular weight is 253 g/mol. The van der Waals surface area contributed by atoms with Crippen LogP contribution in [-0.2, 0) is 6.18 Å². The van der Waals surface area contributed by atoms with Crippen molar-refractivity contribution < 1.29 is 27.6 Å². The number of halogens is 4. The Labute approximate surface area is 91.6 Å². The number of rotatable bonds is 2. The van der Waals surface area contributed by atoms with Gasteiger partial charge in [0.25, 0.3) is 5.91 Å². The number of hydrogen-bond acceptors (Lipinski definition) is 4. The monoisotopic (exact) mass is 253 g/mol. The number of anilines is 1. The minimum atomic E-state index is -5.06. The number of alkyl halides is 3. The van der Waals surface area contributed by atoms with E-state index in [0.29, 0.717) is 0 Å². The summed E-state index contributed by atoms with van der Waals surface area (Å²) in [6.07, 6.45) is -5.06. The largest absolute Gasteiger partial charge is 0.733 e. The molecule has 0 fully saturated rings. The first-order valence-electron chi connectivity index (χ1n) is 4.01. The van der Waals surface area contributed by atoms with Gasteiger partial charge in [0, 0.05) is 0 Å². The molecule has 0 unspecified atom stereocenters. The van der Waals surface area contributed by atoms with E-state index in [4.69, 9.17) is 5.21 Å². The molecule has 1 aromatic carbocycles. The normalized spacial score (nSPS) is 11.4. The quantitative estimate of drug-likeness (QED) is 0.619. The van der Waals surface area contributed by atoms with Gasteiger partial charge in [-0.15, -0.1) is 0 Å². The highest BCUT2D eigenvalue weighted by Crippen LogP contribution is 2.37. The summed E-state index contributed by atoms with van der Waals surface area (Å²) in [4.78, 5) is 10.7. The molecule has 5 nitrogen and oxygen atoms in total. The first kappa shape index (κ1) is 13.2. The summed E-state index contributed by atoms with van der Waals surface area (Å²) in [5.41, 5.74) is 0.730. The van der Waals surface area contributed by atoms with Crippen molar-refractivity contribution in [2.75, 3.05) is 5.23 Å². The number of nitrogens with zero attached hydrogens (tertiary/aromatic N) is 1. The summed E-state index contributed by atoms with van der Waals surface area (Å²) < 4.78 is 50.2. The maximum atomic E-state index is 13.1. The molecule has 9 heteroatoms. The van der Waals surface area contributed by atoms with Crippen LogP contribution in [0.3, 0.4) is 0 Å². The number of hydrogen-bond donors (Lipinski definition) is 2. The van der Waals surface area contributed by atoms with Crippen LogP contribution in [0.1, 0.15) is 15.9 Å². The van der Waals surface area contributed by atoms with Crippen molar-refractivity contribution in [2.24, 2.45) is 5.73 Å². The molecule has 94 valence electrons. The van der Waals surface area contributed by atoms with Gasteiger partial charge in [0.2, 0.25) is 0 Å². The zero-order valence-electron chi connectivity index (χ0n) is 7.95. The average Bonchev–Trinajstić information content (AvgIpc) is 2.14. The number of nitrogens with two attached hydrogens (primary N) is 1. The van der Waals surface area contributed by atoms with Gasteiger partial charge in [-0.25, -0.2) is 4.39 Å². The van der Waals surface area contributed by atoms with Gasteiger partial charge < -0.3 is 16.2 Å². The predicted octanol–water partition coefficient (Wildman–Crippen LogP) is 1.64. The van der Waals surface area contributed by atoms with E-state index in [9.17, 15) is 27.6 Å². The van der Waals surface area contributed by atoms with Gasteiger partial charge in [0.1, 0.15) is 5.82 Å². The van der Waals surface area contributed by atoms with Crippen molar-refractivity contribution in [1.82, 2.24) is 0 Å². The van der Waals surface area contributed by atoms with Crippen molar-refractivity contribution in [2.45, 2.75) is 6.18 Å². The summed E-state index contributed by atoms with van der Waals surface area (Å²) in [7, 11) is 0. The molecule has 0 radical (unpaired) electrons. The molecule has 0 bridgehead atoms. The molecule has 0 spiro atoms. The van der Waals surface area contributed by atoms with E-state index in [1.807, 2.05) is 0 Å². The lowest BCUT2D eigenvalue weighted by Gasteiger charge is -2.26. The van der Waals surface area contributed by atoms with Crippen molar-refractivity contribution in [3.63, 3.8) is 0 Å². The molecule has 1 rings (SSSR count). The summed E-state index contributed by atoms with van der Waals surface area (Å²) >= 11 is 0. The highest BCUT2D eigenvalue weighted by atomic mass is 19.4. The molecule has 0 aliphatic heterocycles. The summed E-state index contributed by atoms with van der Waals surface area (Å²) in [6.45, 7) is 0. The molecular formula is C8H5F4N2O3-. The van der Waals surface area contributed by atoms with Gasteiger partial charge in [-0.1, -0.05) is 0 Å². The number of primary amides is 1. The molecule has 1 amide bonds. The van der Waals surface area contributed by atoms with Crippen LogP contribution in [-0.4, -0.2) is 11.1 Å². The van der Waals surface area contributed by atoms with Crippen molar-refractivity contribution in [1.29, 1.82) is 0 Å². The van der Waals surface area contributed by atoms with Crippen LogP contribution in [0.4, 0.5) is 23.2 Å². The topological polar surface area (TPSA) is 89.6 Å². The van der Waals surface area contributed by atoms with Crippen LogP contribution >= 0.6 is 0 Å². The third-order valence-electron chi connectivity index (χ3n) is 1.86. The van der Waals surface area contributed by atoms with Crippen LogP contribution in [0.15, 0.2) is 12.1 Å². The Morgan fingerprint density at radius 1 is 1.41 bits per heavy atom. The number of amides is 1. The predicted molar refractivity (Wildman–Crippen MR) is 47.6 cm³/mol. The molecule has 1 aromatic rings. The number of benzene rings is 1. The second kappa shape index (κ2) is 4.18. The van der Waals surface area contributed by atoms with E-state index in [0.717, 1.165) is 0 Å². The third-order valence-corrected chi connectivity index (χ3v) is 1.86. The van der Waals surface area contributed by atoms with Crippen LogP contribution in [0.25, 0.3) is 0 Å². The molecule has 0 heterocycles. The Bertz CT molecular complexity index is 459. The molecule has 0 atom stereocenters. The van der Waals surface area contributed by atoms with Crippen LogP contribution in [0, 0.1) is 11.0 Å². The van der Waals surface area contributed by atoms with Crippen LogP contribution < -0.4 is 11.0 Å². The first-order valence-corrected chi connectivity index (χ1v) is 4.01. The molecule has 3 N–H and O–H groups in total. The number of carbonyl (C=O) groups is 1.